The van der Waals surface area contributed by atoms with Gasteiger partial charge in [0.25, 0.3) is 0 Å². The Morgan fingerprint density at radius 2 is 1.00 bits per heavy atom. The van der Waals surface area contributed by atoms with E-state index in [2.05, 4.69) is 185 Å². The van der Waals surface area contributed by atoms with Gasteiger partial charge in [0.15, 0.2) is 17.5 Å². The SMILES string of the molecule is CC1(C)c2ccccc2-c2c1cc(-c1nc(-c3ccc4ccccc4c3)nc(-c3ccc4ccc5ccc6c(c5c4c3)C(C)(C)c3ccccc3-6)n1)c1c2oc2ccccc21. The molecular weight excluding hydrogens is 743 g/mol. The fraction of sp³-hybridized carbons (Fsp3) is 0.105. The minimum Gasteiger partial charge on any atom is -0.455 e. The van der Waals surface area contributed by atoms with Crippen LogP contribution in [0.15, 0.2) is 168 Å². The maximum absolute atomic E-state index is 6.88. The number of fused-ring (bicyclic) bond motifs is 15. The van der Waals surface area contributed by atoms with Crippen molar-refractivity contribution in [2.24, 2.45) is 0 Å². The van der Waals surface area contributed by atoms with Gasteiger partial charge in [0.1, 0.15) is 11.2 Å². The molecule has 0 bridgehead atoms. The van der Waals surface area contributed by atoms with Gasteiger partial charge in [0.2, 0.25) is 0 Å². The standard InChI is InChI=1S/C57H39N3O/c1-56(2)45-19-11-8-16-40(45)50-46(56)31-43(49-41-17-9-12-20-47(41)61-52(49)50)55-59-53(36-25-21-32-13-5-6-14-35(32)29-36)58-54(60-55)37-26-23-33-22-24-34-27-28-39-38-15-7-10-18-44(38)57(3,4)51(39)48(34)42(33)30-37/h5-31H,1-4H3. The molecule has 4 nitrogen and oxygen atoms in total. The molecule has 2 heterocycles. The number of benzene rings is 9. The number of hydrogen-bond acceptors (Lipinski definition) is 4. The summed E-state index contributed by atoms with van der Waals surface area (Å²) in [5.41, 5.74) is 14.3. The first-order valence-electron chi connectivity index (χ1n) is 21.2. The zero-order valence-electron chi connectivity index (χ0n) is 34.3. The molecule has 0 saturated carbocycles. The Kier molecular flexibility index (Phi) is 6.82. The van der Waals surface area contributed by atoms with Crippen molar-refractivity contribution in [3.63, 3.8) is 0 Å². The molecule has 0 N–H and O–H groups in total. The van der Waals surface area contributed by atoms with Gasteiger partial charge in [-0.05, 0) is 95.5 Å². The summed E-state index contributed by atoms with van der Waals surface area (Å²) in [6.07, 6.45) is 0. The third-order valence-electron chi connectivity index (χ3n) is 13.9. The Bertz CT molecular complexity index is 3720. The van der Waals surface area contributed by atoms with Crippen LogP contribution in [0, 0.1) is 0 Å². The third-order valence-corrected chi connectivity index (χ3v) is 13.9. The monoisotopic (exact) mass is 781 g/mol. The van der Waals surface area contributed by atoms with Gasteiger partial charge >= 0.3 is 0 Å². The molecule has 61 heavy (non-hydrogen) atoms. The second-order valence-corrected chi connectivity index (χ2v) is 17.9. The molecule has 0 amide bonds. The predicted octanol–water partition coefficient (Wildman–Crippen LogP) is 14.8. The summed E-state index contributed by atoms with van der Waals surface area (Å²) in [4.78, 5) is 16.2. The average Bonchev–Trinajstić information content (AvgIpc) is 3.88. The van der Waals surface area contributed by atoms with Crippen LogP contribution in [0.1, 0.15) is 49.9 Å². The van der Waals surface area contributed by atoms with E-state index in [0.717, 1.165) is 49.6 Å². The van der Waals surface area contributed by atoms with Crippen LogP contribution in [-0.4, -0.2) is 15.0 Å². The largest absolute Gasteiger partial charge is 0.455 e. The molecule has 11 aromatic rings. The third kappa shape index (κ3) is 4.73. The van der Waals surface area contributed by atoms with E-state index in [1.807, 2.05) is 6.07 Å². The molecule has 0 aliphatic heterocycles. The fourth-order valence-electron chi connectivity index (χ4n) is 10.9. The Labute approximate surface area is 353 Å². The van der Waals surface area contributed by atoms with E-state index in [-0.39, 0.29) is 10.8 Å². The van der Waals surface area contributed by atoms with E-state index in [4.69, 9.17) is 19.4 Å². The summed E-state index contributed by atoms with van der Waals surface area (Å²) < 4.78 is 6.88. The van der Waals surface area contributed by atoms with Crippen molar-refractivity contribution in [2.45, 2.75) is 38.5 Å². The Hall–Kier alpha value is -7.43. The highest BCUT2D eigenvalue weighted by Gasteiger charge is 2.40. The molecule has 13 rings (SSSR count). The molecule has 0 fully saturated rings. The second kappa shape index (κ2) is 12.1. The molecule has 288 valence electrons. The van der Waals surface area contributed by atoms with Crippen LogP contribution >= 0.6 is 0 Å². The number of nitrogens with zero attached hydrogens (tertiary/aromatic N) is 3. The zero-order valence-corrected chi connectivity index (χ0v) is 34.3. The van der Waals surface area contributed by atoms with Crippen molar-refractivity contribution >= 4 is 54.3 Å². The average molecular weight is 782 g/mol. The van der Waals surface area contributed by atoms with Crippen LogP contribution in [0.3, 0.4) is 0 Å². The van der Waals surface area contributed by atoms with E-state index in [0.29, 0.717) is 17.5 Å². The van der Waals surface area contributed by atoms with Crippen LogP contribution in [0.4, 0.5) is 0 Å². The van der Waals surface area contributed by atoms with E-state index >= 15 is 0 Å². The fourth-order valence-corrected chi connectivity index (χ4v) is 10.9. The summed E-state index contributed by atoms with van der Waals surface area (Å²) in [7, 11) is 0. The van der Waals surface area contributed by atoms with Crippen LogP contribution in [-0.2, 0) is 10.8 Å². The van der Waals surface area contributed by atoms with Gasteiger partial charge in [-0.3, -0.25) is 0 Å². The van der Waals surface area contributed by atoms with Gasteiger partial charge in [0.05, 0.1) is 0 Å². The topological polar surface area (TPSA) is 51.8 Å². The van der Waals surface area contributed by atoms with Crippen LogP contribution in [0.5, 0.6) is 0 Å². The predicted molar refractivity (Wildman–Crippen MR) is 251 cm³/mol. The molecule has 4 heteroatoms. The van der Waals surface area contributed by atoms with E-state index in [9.17, 15) is 0 Å². The highest BCUT2D eigenvalue weighted by Crippen LogP contribution is 2.55. The molecule has 0 radical (unpaired) electrons. The maximum Gasteiger partial charge on any atom is 0.164 e. The lowest BCUT2D eigenvalue weighted by Gasteiger charge is -2.24. The van der Waals surface area contributed by atoms with Gasteiger partial charge in [-0.15, -0.1) is 0 Å². The highest BCUT2D eigenvalue weighted by atomic mass is 16.3. The molecule has 0 unspecified atom stereocenters. The van der Waals surface area contributed by atoms with E-state index in [1.165, 1.54) is 65.9 Å². The number of hydrogen-bond donors (Lipinski definition) is 0. The lowest BCUT2D eigenvalue weighted by atomic mass is 9.79. The lowest BCUT2D eigenvalue weighted by molar-refractivity contribution is 0.653. The first-order valence-corrected chi connectivity index (χ1v) is 21.2. The summed E-state index contributed by atoms with van der Waals surface area (Å²) >= 11 is 0. The van der Waals surface area contributed by atoms with Gasteiger partial charge < -0.3 is 4.42 Å². The number of aromatic nitrogens is 3. The second-order valence-electron chi connectivity index (χ2n) is 17.9. The van der Waals surface area contributed by atoms with Crippen LogP contribution in [0.2, 0.25) is 0 Å². The summed E-state index contributed by atoms with van der Waals surface area (Å²) in [5.74, 6) is 1.88. The number of para-hydroxylation sites is 1. The molecule has 9 aromatic carbocycles. The van der Waals surface area contributed by atoms with Gasteiger partial charge in [-0.1, -0.05) is 167 Å². The van der Waals surface area contributed by atoms with Crippen molar-refractivity contribution in [1.29, 1.82) is 0 Å². The Morgan fingerprint density at radius 1 is 0.393 bits per heavy atom. The van der Waals surface area contributed by atoms with E-state index < -0.39 is 0 Å². The molecule has 2 aliphatic rings. The van der Waals surface area contributed by atoms with Crippen LogP contribution < -0.4 is 0 Å². The molecule has 0 saturated heterocycles. The lowest BCUT2D eigenvalue weighted by Crippen LogP contribution is -2.15. The molecular formula is C57H39N3O. The first kappa shape index (κ1) is 34.4. The van der Waals surface area contributed by atoms with Gasteiger partial charge in [-0.25, -0.2) is 15.0 Å². The normalized spacial score (nSPS) is 14.5. The molecule has 2 aliphatic carbocycles. The summed E-state index contributed by atoms with van der Waals surface area (Å²) in [6, 6.07) is 59.1. The number of furan rings is 1. The quantitative estimate of drug-likeness (QED) is 0.168. The highest BCUT2D eigenvalue weighted by molar-refractivity contribution is 6.18. The van der Waals surface area contributed by atoms with Crippen molar-refractivity contribution in [1.82, 2.24) is 15.0 Å². The zero-order chi connectivity index (χ0) is 40.8. The molecule has 0 spiro atoms. The first-order chi connectivity index (χ1) is 29.7. The van der Waals surface area contributed by atoms with Crippen molar-refractivity contribution in [2.75, 3.05) is 0 Å². The van der Waals surface area contributed by atoms with Gasteiger partial charge in [-0.2, -0.15) is 0 Å². The Balaban J connectivity index is 1.10. The summed E-state index contributed by atoms with van der Waals surface area (Å²) in [6.45, 7) is 9.35. The molecule has 2 aromatic heterocycles. The maximum atomic E-state index is 6.88. The van der Waals surface area contributed by atoms with Gasteiger partial charge in [0, 0.05) is 43.9 Å². The van der Waals surface area contributed by atoms with Crippen molar-refractivity contribution in [3.8, 4) is 56.4 Å². The van der Waals surface area contributed by atoms with Crippen LogP contribution in [0.25, 0.3) is 111 Å². The Morgan fingerprint density at radius 3 is 1.82 bits per heavy atom. The minimum absolute atomic E-state index is 0.168. The number of rotatable bonds is 3. The smallest absolute Gasteiger partial charge is 0.164 e. The van der Waals surface area contributed by atoms with Crippen molar-refractivity contribution in [3.05, 3.63) is 186 Å². The summed E-state index contributed by atoms with van der Waals surface area (Å²) in [5, 5.41) is 9.27. The van der Waals surface area contributed by atoms with Crippen molar-refractivity contribution < 1.29 is 4.42 Å². The van der Waals surface area contributed by atoms with E-state index in [1.54, 1.807) is 0 Å². The molecule has 0 atom stereocenters. The minimum atomic E-state index is -0.266.